The largest absolute Gasteiger partial charge is 0.587 e. The second-order valence-corrected chi connectivity index (χ2v) is 7.14. The van der Waals surface area contributed by atoms with E-state index in [2.05, 4.69) is 13.8 Å². The first-order valence-corrected chi connectivity index (χ1v) is 10.3. The topological polar surface area (TPSA) is 44.8 Å². The lowest BCUT2D eigenvalue weighted by atomic mass is 10.1. The molecular weight excluding hydrogens is 335 g/mol. The average Bonchev–Trinajstić information content (AvgIpc) is 2.62. The zero-order valence-electron chi connectivity index (χ0n) is 15.6. The van der Waals surface area contributed by atoms with Crippen molar-refractivity contribution < 1.29 is 18.1 Å². The van der Waals surface area contributed by atoms with E-state index in [1.165, 1.54) is 0 Å². The molecule has 0 heterocycles. The van der Waals surface area contributed by atoms with E-state index in [0.717, 1.165) is 12.8 Å². The highest BCUT2D eigenvalue weighted by Crippen LogP contribution is 2.49. The van der Waals surface area contributed by atoms with Crippen LogP contribution < -0.4 is 9.05 Å². The predicted octanol–water partition coefficient (Wildman–Crippen LogP) is 6.73. The Morgan fingerprint density at radius 1 is 0.840 bits per heavy atom. The summed E-state index contributed by atoms with van der Waals surface area (Å²) in [5, 5.41) is 0. The molecule has 0 amide bonds. The zero-order chi connectivity index (χ0) is 18.5. The maximum Gasteiger partial charge on any atom is 0.587 e. The highest BCUT2D eigenvalue weighted by atomic mass is 31.2. The number of phosphoric acid groups is 1. The van der Waals surface area contributed by atoms with E-state index in [9.17, 15) is 4.57 Å². The molecule has 0 fully saturated rings. The molecule has 2 rings (SSSR count). The summed E-state index contributed by atoms with van der Waals surface area (Å²) in [6, 6.07) is 17.8. The normalized spacial score (nSPS) is 10.8. The van der Waals surface area contributed by atoms with Gasteiger partial charge in [-0.1, -0.05) is 64.1 Å². The van der Waals surface area contributed by atoms with Crippen LogP contribution in [0.25, 0.3) is 0 Å². The van der Waals surface area contributed by atoms with E-state index in [-0.39, 0.29) is 0 Å². The van der Waals surface area contributed by atoms with Crippen LogP contribution in [0.1, 0.15) is 40.5 Å². The van der Waals surface area contributed by atoms with E-state index in [1.54, 1.807) is 48.5 Å². The van der Waals surface area contributed by atoms with Crippen molar-refractivity contribution in [2.24, 2.45) is 5.92 Å². The third-order valence-corrected chi connectivity index (χ3v) is 4.46. The van der Waals surface area contributed by atoms with Gasteiger partial charge in [-0.15, -0.1) is 0 Å². The number of benzene rings is 2. The van der Waals surface area contributed by atoms with Crippen LogP contribution in [-0.2, 0) is 9.09 Å². The molecule has 0 saturated carbocycles. The zero-order valence-corrected chi connectivity index (χ0v) is 16.4. The van der Waals surface area contributed by atoms with Crippen LogP contribution >= 0.6 is 7.82 Å². The molecule has 0 aromatic heterocycles. The number of hydrogen-bond acceptors (Lipinski definition) is 4. The molecule has 0 radical (unpaired) electrons. The lowest BCUT2D eigenvalue weighted by Gasteiger charge is -2.19. The minimum Gasteiger partial charge on any atom is -0.395 e. The summed E-state index contributed by atoms with van der Waals surface area (Å²) in [5.74, 6) is 1.48. The van der Waals surface area contributed by atoms with Crippen LogP contribution in [0.3, 0.4) is 0 Å². The summed E-state index contributed by atoms with van der Waals surface area (Å²) in [5.41, 5.74) is 0. The quantitative estimate of drug-likeness (QED) is 0.365. The first-order chi connectivity index (χ1) is 12.1. The van der Waals surface area contributed by atoms with Gasteiger partial charge in [-0.05, 0) is 43.0 Å². The minimum atomic E-state index is -3.72. The van der Waals surface area contributed by atoms with E-state index in [1.807, 2.05) is 26.0 Å². The Hall–Kier alpha value is -1.77. The molecule has 0 bridgehead atoms. The number of phosphoric ester groups is 1. The molecule has 25 heavy (non-hydrogen) atoms. The maximum atomic E-state index is 12.9. The first-order valence-electron chi connectivity index (χ1n) is 8.81. The molecule has 138 valence electrons. The van der Waals surface area contributed by atoms with Gasteiger partial charge in [0.1, 0.15) is 11.5 Å². The van der Waals surface area contributed by atoms with Crippen LogP contribution in [0.15, 0.2) is 60.7 Å². The Morgan fingerprint density at radius 2 is 1.28 bits per heavy atom. The summed E-state index contributed by atoms with van der Waals surface area (Å²) in [7, 11) is -3.72. The third kappa shape index (κ3) is 8.76. The lowest BCUT2D eigenvalue weighted by molar-refractivity contribution is 0.203. The summed E-state index contributed by atoms with van der Waals surface area (Å²) in [6.07, 6.45) is 1.80. The molecule has 2 aromatic carbocycles. The fraction of sp³-hybridized carbons (Fsp3) is 0.400. The summed E-state index contributed by atoms with van der Waals surface area (Å²) in [4.78, 5) is 0. The summed E-state index contributed by atoms with van der Waals surface area (Å²) >= 11 is 0. The average molecular weight is 364 g/mol. The first kappa shape index (κ1) is 21.3. The molecule has 0 N–H and O–H groups in total. The Balaban J connectivity index is 0.00000151. The molecule has 0 saturated heterocycles. The van der Waals surface area contributed by atoms with Gasteiger partial charge in [0.15, 0.2) is 0 Å². The van der Waals surface area contributed by atoms with Gasteiger partial charge in [-0.2, -0.15) is 0 Å². The van der Waals surface area contributed by atoms with Gasteiger partial charge in [0.05, 0.1) is 6.61 Å². The van der Waals surface area contributed by atoms with E-state index < -0.39 is 7.82 Å². The fourth-order valence-electron chi connectivity index (χ4n) is 1.96. The molecule has 0 atom stereocenters. The van der Waals surface area contributed by atoms with Gasteiger partial charge in [0.25, 0.3) is 0 Å². The van der Waals surface area contributed by atoms with Gasteiger partial charge in [0.2, 0.25) is 0 Å². The van der Waals surface area contributed by atoms with Crippen molar-refractivity contribution in [1.29, 1.82) is 0 Å². The highest BCUT2D eigenvalue weighted by Gasteiger charge is 2.30. The van der Waals surface area contributed by atoms with Crippen LogP contribution in [0.2, 0.25) is 0 Å². The van der Waals surface area contributed by atoms with E-state index in [0.29, 0.717) is 24.0 Å². The molecule has 5 heteroatoms. The van der Waals surface area contributed by atoms with Crippen molar-refractivity contribution in [2.75, 3.05) is 6.61 Å². The van der Waals surface area contributed by atoms with E-state index in [4.69, 9.17) is 13.6 Å². The summed E-state index contributed by atoms with van der Waals surface area (Å²) in [6.45, 7) is 8.61. The van der Waals surface area contributed by atoms with Crippen molar-refractivity contribution in [3.63, 3.8) is 0 Å². The van der Waals surface area contributed by atoms with Crippen LogP contribution in [0.5, 0.6) is 11.5 Å². The number of hydrogen-bond donors (Lipinski definition) is 0. The molecule has 0 aliphatic carbocycles. The molecule has 0 aliphatic heterocycles. The SMILES string of the molecule is CC.CC(C)CCCOP(=O)(Oc1ccccc1)Oc1ccccc1. The van der Waals surface area contributed by atoms with E-state index >= 15 is 0 Å². The molecule has 4 nitrogen and oxygen atoms in total. The van der Waals surface area contributed by atoms with Crippen molar-refractivity contribution >= 4 is 7.82 Å². The predicted molar refractivity (Wildman–Crippen MR) is 103 cm³/mol. The number of para-hydroxylation sites is 2. The Kier molecular flexibility index (Phi) is 9.98. The molecule has 0 spiro atoms. The Morgan fingerprint density at radius 3 is 1.68 bits per heavy atom. The van der Waals surface area contributed by atoms with Gasteiger partial charge in [-0.25, -0.2) is 4.57 Å². The Labute approximate surface area is 151 Å². The van der Waals surface area contributed by atoms with Gasteiger partial charge >= 0.3 is 7.82 Å². The van der Waals surface area contributed by atoms with Gasteiger partial charge < -0.3 is 9.05 Å². The molecule has 0 aliphatic rings. The molecule has 0 unspecified atom stereocenters. The molecule has 2 aromatic rings. The second kappa shape index (κ2) is 11.7. The maximum absolute atomic E-state index is 12.9. The fourth-order valence-corrected chi connectivity index (χ4v) is 3.22. The summed E-state index contributed by atoms with van der Waals surface area (Å²) < 4.78 is 29.5. The van der Waals surface area contributed by atoms with Gasteiger partial charge in [-0.3, -0.25) is 4.52 Å². The third-order valence-electron chi connectivity index (χ3n) is 3.10. The van der Waals surface area contributed by atoms with Crippen molar-refractivity contribution in [3.8, 4) is 11.5 Å². The minimum absolute atomic E-state index is 0.328. The van der Waals surface area contributed by atoms with Crippen LogP contribution in [-0.4, -0.2) is 6.61 Å². The highest BCUT2D eigenvalue weighted by molar-refractivity contribution is 7.49. The van der Waals surface area contributed by atoms with Crippen LogP contribution in [0, 0.1) is 5.92 Å². The van der Waals surface area contributed by atoms with Gasteiger partial charge in [0, 0.05) is 0 Å². The lowest BCUT2D eigenvalue weighted by Crippen LogP contribution is -2.06. The monoisotopic (exact) mass is 364 g/mol. The number of rotatable bonds is 9. The Bertz CT molecular complexity index is 569. The smallest absolute Gasteiger partial charge is 0.395 e. The van der Waals surface area contributed by atoms with Crippen molar-refractivity contribution in [2.45, 2.75) is 40.5 Å². The molecular formula is C20H29O4P. The second-order valence-electron chi connectivity index (χ2n) is 5.63. The standard InChI is InChI=1S/C18H23O4P.C2H6/c1-16(2)10-9-15-20-23(19,21-17-11-5-3-6-12-17)22-18-13-7-4-8-14-18;1-2/h3-8,11-14,16H,9-10,15H2,1-2H3;1-2H3. The van der Waals surface area contributed by atoms with Crippen molar-refractivity contribution in [1.82, 2.24) is 0 Å². The van der Waals surface area contributed by atoms with Crippen molar-refractivity contribution in [3.05, 3.63) is 60.7 Å². The van der Waals surface area contributed by atoms with Crippen LogP contribution in [0.4, 0.5) is 0 Å².